The number of nitrogens with one attached hydrogen (secondary N) is 2. The number of hydrogen-bond donors (Lipinski definition) is 2. The van der Waals surface area contributed by atoms with Crippen LogP contribution in [0.5, 0.6) is 11.5 Å². The minimum atomic E-state index is -2.96. The van der Waals surface area contributed by atoms with Gasteiger partial charge in [0.2, 0.25) is 5.91 Å². The number of rotatable bonds is 10. The third-order valence-corrected chi connectivity index (χ3v) is 4.48. The average Bonchev–Trinajstić information content (AvgIpc) is 2.76. The van der Waals surface area contributed by atoms with Crippen molar-refractivity contribution >= 4 is 17.9 Å². The summed E-state index contributed by atoms with van der Waals surface area (Å²) in [5.74, 6) is -0.455. The first kappa shape index (κ1) is 23.9. The number of carbonyl (C=O) groups excluding carboxylic acids is 2. The van der Waals surface area contributed by atoms with E-state index in [1.54, 1.807) is 18.2 Å². The highest BCUT2D eigenvalue weighted by atomic mass is 19.3. The van der Waals surface area contributed by atoms with Gasteiger partial charge in [0.05, 0.1) is 7.11 Å². The van der Waals surface area contributed by atoms with E-state index in [1.165, 1.54) is 37.5 Å². The van der Waals surface area contributed by atoms with Crippen LogP contribution in [0.25, 0.3) is 6.08 Å². The molecule has 2 amide bonds. The molecule has 2 aromatic rings. The lowest BCUT2D eigenvalue weighted by atomic mass is 10.1. The Morgan fingerprint density at radius 3 is 2.58 bits per heavy atom. The zero-order chi connectivity index (χ0) is 22.8. The van der Waals surface area contributed by atoms with Crippen LogP contribution in [0.4, 0.5) is 8.78 Å². The van der Waals surface area contributed by atoms with Crippen molar-refractivity contribution in [3.8, 4) is 11.5 Å². The molecule has 0 spiro atoms. The summed E-state index contributed by atoms with van der Waals surface area (Å²) in [7, 11) is 1.34. The highest BCUT2D eigenvalue weighted by Gasteiger charge is 2.11. The van der Waals surface area contributed by atoms with E-state index in [1.807, 2.05) is 19.9 Å². The normalized spacial score (nSPS) is 11.9. The third-order valence-electron chi connectivity index (χ3n) is 4.48. The quantitative estimate of drug-likeness (QED) is 0.553. The molecule has 0 bridgehead atoms. The van der Waals surface area contributed by atoms with E-state index in [0.29, 0.717) is 11.1 Å². The maximum absolute atomic E-state index is 12.4. The Bertz CT molecular complexity index is 932. The van der Waals surface area contributed by atoms with E-state index in [0.717, 1.165) is 12.0 Å². The zero-order valence-corrected chi connectivity index (χ0v) is 17.7. The number of alkyl halides is 2. The van der Waals surface area contributed by atoms with Gasteiger partial charge in [-0.25, -0.2) is 0 Å². The fourth-order valence-electron chi connectivity index (χ4n) is 2.63. The monoisotopic (exact) mass is 432 g/mol. The van der Waals surface area contributed by atoms with Gasteiger partial charge < -0.3 is 20.1 Å². The molecule has 6 nitrogen and oxygen atoms in total. The molecule has 0 aliphatic carbocycles. The predicted octanol–water partition coefficient (Wildman–Crippen LogP) is 4.15. The van der Waals surface area contributed by atoms with Crippen molar-refractivity contribution in [3.63, 3.8) is 0 Å². The summed E-state index contributed by atoms with van der Waals surface area (Å²) in [5.41, 5.74) is 1.90. The van der Waals surface area contributed by atoms with Gasteiger partial charge in [-0.05, 0) is 54.8 Å². The second kappa shape index (κ2) is 11.7. The van der Waals surface area contributed by atoms with Crippen LogP contribution in [0.15, 0.2) is 48.5 Å². The van der Waals surface area contributed by atoms with E-state index in [-0.39, 0.29) is 35.9 Å². The lowest BCUT2D eigenvalue weighted by Gasteiger charge is -2.12. The van der Waals surface area contributed by atoms with Crippen molar-refractivity contribution in [1.29, 1.82) is 0 Å². The highest BCUT2D eigenvalue weighted by molar-refractivity contribution is 5.94. The van der Waals surface area contributed by atoms with E-state index in [2.05, 4.69) is 15.4 Å². The van der Waals surface area contributed by atoms with Crippen molar-refractivity contribution in [2.45, 2.75) is 39.5 Å². The van der Waals surface area contributed by atoms with Crippen LogP contribution in [0, 0.1) is 0 Å². The summed E-state index contributed by atoms with van der Waals surface area (Å²) in [6.07, 6.45) is 3.68. The van der Waals surface area contributed by atoms with Crippen LogP contribution < -0.4 is 20.1 Å². The zero-order valence-electron chi connectivity index (χ0n) is 17.7. The molecule has 31 heavy (non-hydrogen) atoms. The van der Waals surface area contributed by atoms with Gasteiger partial charge in [-0.1, -0.05) is 25.1 Å². The molecule has 0 fully saturated rings. The Kier molecular flexibility index (Phi) is 8.99. The summed E-state index contributed by atoms with van der Waals surface area (Å²) in [6, 6.07) is 11.5. The van der Waals surface area contributed by atoms with Gasteiger partial charge in [0.15, 0.2) is 11.5 Å². The molecule has 1 unspecified atom stereocenters. The van der Waals surface area contributed by atoms with Gasteiger partial charge >= 0.3 is 6.61 Å². The van der Waals surface area contributed by atoms with Crippen LogP contribution >= 0.6 is 0 Å². The van der Waals surface area contributed by atoms with E-state index in [4.69, 9.17) is 4.74 Å². The standard InChI is InChI=1S/C23H26F2N2O4/c1-4-15(2)27-22(29)18-7-5-6-17(12-18)14-26-21(28)11-9-16-8-10-19(31-23(24)25)20(13-16)30-3/h5-13,15,23H,4,14H2,1-3H3,(H,26,28)(H,27,29)/b11-9+. The molecule has 8 heteroatoms. The lowest BCUT2D eigenvalue weighted by Crippen LogP contribution is -2.32. The number of methoxy groups -OCH3 is 1. The third kappa shape index (κ3) is 7.73. The van der Waals surface area contributed by atoms with E-state index in [9.17, 15) is 18.4 Å². The predicted molar refractivity (Wildman–Crippen MR) is 114 cm³/mol. The molecule has 0 saturated heterocycles. The minimum absolute atomic E-state index is 0.0793. The maximum atomic E-state index is 12.4. The molecule has 1 atom stereocenters. The lowest BCUT2D eigenvalue weighted by molar-refractivity contribution is -0.116. The van der Waals surface area contributed by atoms with Crippen molar-refractivity contribution in [1.82, 2.24) is 10.6 Å². The Hall–Kier alpha value is -3.42. The first-order chi connectivity index (χ1) is 14.8. The topological polar surface area (TPSA) is 76.7 Å². The van der Waals surface area contributed by atoms with Crippen molar-refractivity contribution in [2.75, 3.05) is 7.11 Å². The molecular weight excluding hydrogens is 406 g/mol. The van der Waals surface area contributed by atoms with Crippen LogP contribution in [0.2, 0.25) is 0 Å². The molecule has 0 aliphatic heterocycles. The van der Waals surface area contributed by atoms with Crippen LogP contribution in [-0.4, -0.2) is 31.6 Å². The number of carbonyl (C=O) groups is 2. The molecular formula is C23H26F2N2O4. The highest BCUT2D eigenvalue weighted by Crippen LogP contribution is 2.29. The minimum Gasteiger partial charge on any atom is -0.493 e. The summed E-state index contributed by atoms with van der Waals surface area (Å²) in [4.78, 5) is 24.4. The van der Waals surface area contributed by atoms with E-state index >= 15 is 0 Å². The Labute approximate surface area is 180 Å². The van der Waals surface area contributed by atoms with Gasteiger partial charge in [-0.2, -0.15) is 8.78 Å². The van der Waals surface area contributed by atoms with Crippen molar-refractivity contribution in [3.05, 3.63) is 65.2 Å². The smallest absolute Gasteiger partial charge is 0.387 e. The van der Waals surface area contributed by atoms with Crippen LogP contribution in [0.3, 0.4) is 0 Å². The molecule has 0 heterocycles. The largest absolute Gasteiger partial charge is 0.493 e. The number of amides is 2. The number of ether oxygens (including phenoxy) is 2. The second-order valence-electron chi connectivity index (χ2n) is 6.82. The fourth-order valence-corrected chi connectivity index (χ4v) is 2.63. The van der Waals surface area contributed by atoms with Gasteiger partial charge in [-0.15, -0.1) is 0 Å². The maximum Gasteiger partial charge on any atom is 0.387 e. The van der Waals surface area contributed by atoms with Crippen LogP contribution in [0.1, 0.15) is 41.8 Å². The number of halogens is 2. The summed E-state index contributed by atoms with van der Waals surface area (Å²) >= 11 is 0. The Morgan fingerprint density at radius 2 is 1.90 bits per heavy atom. The Morgan fingerprint density at radius 1 is 1.13 bits per heavy atom. The van der Waals surface area contributed by atoms with Crippen molar-refractivity contribution in [2.24, 2.45) is 0 Å². The molecule has 166 valence electrons. The average molecular weight is 432 g/mol. The molecule has 0 aromatic heterocycles. The summed E-state index contributed by atoms with van der Waals surface area (Å²) < 4.78 is 34.2. The number of hydrogen-bond acceptors (Lipinski definition) is 4. The second-order valence-corrected chi connectivity index (χ2v) is 6.82. The van der Waals surface area contributed by atoms with Crippen molar-refractivity contribution < 1.29 is 27.8 Å². The summed E-state index contributed by atoms with van der Waals surface area (Å²) in [5, 5.41) is 5.64. The molecule has 0 radical (unpaired) electrons. The Balaban J connectivity index is 1.95. The molecule has 0 aliphatic rings. The molecule has 2 rings (SSSR count). The first-order valence-electron chi connectivity index (χ1n) is 9.81. The van der Waals surface area contributed by atoms with Gasteiger partial charge in [-0.3, -0.25) is 9.59 Å². The molecule has 2 aromatic carbocycles. The SMILES string of the molecule is CCC(C)NC(=O)c1cccc(CNC(=O)/C=C/c2ccc(OC(F)F)c(OC)c2)c1. The summed E-state index contributed by atoms with van der Waals surface area (Å²) in [6.45, 7) is 1.22. The van der Waals surface area contributed by atoms with Gasteiger partial charge in [0.25, 0.3) is 5.91 Å². The van der Waals surface area contributed by atoms with Crippen LogP contribution in [-0.2, 0) is 11.3 Å². The fraction of sp³-hybridized carbons (Fsp3) is 0.304. The van der Waals surface area contributed by atoms with Gasteiger partial charge in [0.1, 0.15) is 0 Å². The van der Waals surface area contributed by atoms with Gasteiger partial charge in [0, 0.05) is 24.2 Å². The first-order valence-corrected chi connectivity index (χ1v) is 9.81. The molecule has 0 saturated carbocycles. The molecule has 2 N–H and O–H groups in total. The number of benzene rings is 2. The van der Waals surface area contributed by atoms with E-state index < -0.39 is 6.61 Å².